The predicted molar refractivity (Wildman–Crippen MR) is 82.1 cm³/mol. The molecule has 1 fully saturated rings. The van der Waals surface area contributed by atoms with Gasteiger partial charge in [-0.25, -0.2) is 12.7 Å². The number of nitrogens with one attached hydrogen (secondary N) is 1. The Labute approximate surface area is 130 Å². The van der Waals surface area contributed by atoms with Gasteiger partial charge in [-0.15, -0.1) is 0 Å². The molecule has 0 spiro atoms. The fraction of sp³-hybridized carbons (Fsp3) is 0.467. The van der Waals surface area contributed by atoms with Gasteiger partial charge >= 0.3 is 0 Å². The minimum absolute atomic E-state index is 0.0597. The molecule has 6 nitrogen and oxygen atoms in total. The maximum Gasteiger partial charge on any atom is 0.223 e. The monoisotopic (exact) mass is 321 g/mol. The molecule has 0 unspecified atom stereocenters. The van der Waals surface area contributed by atoms with Gasteiger partial charge < -0.3 is 5.32 Å². The Balaban J connectivity index is 1.85. The van der Waals surface area contributed by atoms with E-state index in [0.717, 1.165) is 5.56 Å². The zero-order valence-corrected chi connectivity index (χ0v) is 13.3. The number of rotatable bonds is 4. The molecular weight excluding hydrogens is 302 g/mol. The summed E-state index contributed by atoms with van der Waals surface area (Å²) in [6.07, 6.45) is 2.27. The van der Waals surface area contributed by atoms with Gasteiger partial charge in [-0.2, -0.15) is 5.26 Å². The Hall–Kier alpha value is -1.91. The van der Waals surface area contributed by atoms with Crippen LogP contribution >= 0.6 is 0 Å². The zero-order valence-electron chi connectivity index (χ0n) is 12.4. The maximum absolute atomic E-state index is 12.1. The van der Waals surface area contributed by atoms with E-state index in [2.05, 4.69) is 11.4 Å². The molecule has 0 atom stereocenters. The Morgan fingerprint density at radius 3 is 2.68 bits per heavy atom. The number of hydrogen-bond acceptors (Lipinski definition) is 4. The van der Waals surface area contributed by atoms with Crippen molar-refractivity contribution in [1.82, 2.24) is 9.62 Å². The van der Waals surface area contributed by atoms with E-state index in [4.69, 9.17) is 5.26 Å². The molecule has 2 rings (SSSR count). The van der Waals surface area contributed by atoms with Crippen molar-refractivity contribution in [2.75, 3.05) is 19.3 Å². The second-order valence-electron chi connectivity index (χ2n) is 5.47. The Kier molecular flexibility index (Phi) is 5.16. The van der Waals surface area contributed by atoms with Gasteiger partial charge in [-0.3, -0.25) is 4.79 Å². The quantitative estimate of drug-likeness (QED) is 0.890. The normalized spacial score (nSPS) is 16.9. The van der Waals surface area contributed by atoms with Crippen LogP contribution in [0.5, 0.6) is 0 Å². The largest absolute Gasteiger partial charge is 0.352 e. The topological polar surface area (TPSA) is 90.3 Å². The van der Waals surface area contributed by atoms with Crippen LogP contribution in [0, 0.1) is 17.2 Å². The summed E-state index contributed by atoms with van der Waals surface area (Å²) in [6, 6.07) is 9.16. The molecule has 1 amide bonds. The molecule has 1 aliphatic rings. The van der Waals surface area contributed by atoms with E-state index in [1.807, 2.05) is 6.07 Å². The van der Waals surface area contributed by atoms with Crippen molar-refractivity contribution in [3.05, 3.63) is 35.4 Å². The number of carbonyl (C=O) groups is 1. The average Bonchev–Trinajstić information content (AvgIpc) is 2.52. The molecule has 1 aromatic carbocycles. The maximum atomic E-state index is 12.1. The van der Waals surface area contributed by atoms with Crippen molar-refractivity contribution in [3.8, 4) is 6.07 Å². The highest BCUT2D eigenvalue weighted by molar-refractivity contribution is 7.88. The second-order valence-corrected chi connectivity index (χ2v) is 7.45. The highest BCUT2D eigenvalue weighted by Crippen LogP contribution is 2.19. The summed E-state index contributed by atoms with van der Waals surface area (Å²) < 4.78 is 24.3. The van der Waals surface area contributed by atoms with E-state index in [1.54, 1.807) is 18.2 Å². The minimum Gasteiger partial charge on any atom is -0.352 e. The van der Waals surface area contributed by atoms with Crippen LogP contribution in [0.2, 0.25) is 0 Å². The van der Waals surface area contributed by atoms with Gasteiger partial charge in [-0.05, 0) is 30.5 Å². The molecule has 22 heavy (non-hydrogen) atoms. The lowest BCUT2D eigenvalue weighted by atomic mass is 9.97. The number of amides is 1. The first kappa shape index (κ1) is 16.5. The summed E-state index contributed by atoms with van der Waals surface area (Å²) in [5, 5.41) is 11.7. The fourth-order valence-electron chi connectivity index (χ4n) is 2.53. The zero-order chi connectivity index (χ0) is 16.2. The van der Waals surface area contributed by atoms with Gasteiger partial charge in [0.1, 0.15) is 0 Å². The van der Waals surface area contributed by atoms with Crippen LogP contribution in [-0.4, -0.2) is 38.0 Å². The lowest BCUT2D eigenvalue weighted by molar-refractivity contribution is -0.126. The summed E-state index contributed by atoms with van der Waals surface area (Å²) >= 11 is 0. The lowest BCUT2D eigenvalue weighted by Gasteiger charge is -2.29. The average molecular weight is 321 g/mol. The lowest BCUT2D eigenvalue weighted by Crippen LogP contribution is -2.42. The van der Waals surface area contributed by atoms with Crippen molar-refractivity contribution in [2.24, 2.45) is 5.92 Å². The van der Waals surface area contributed by atoms with Crippen molar-refractivity contribution >= 4 is 15.9 Å². The summed E-state index contributed by atoms with van der Waals surface area (Å²) in [7, 11) is -3.17. The fourth-order valence-corrected chi connectivity index (χ4v) is 3.41. The SMILES string of the molecule is CS(=O)(=O)N1CCC(C(=O)NCc2cccc(C#N)c2)CC1. The van der Waals surface area contributed by atoms with Gasteiger partial charge in [0.2, 0.25) is 15.9 Å². The van der Waals surface area contributed by atoms with E-state index in [9.17, 15) is 13.2 Å². The molecule has 0 saturated carbocycles. The van der Waals surface area contributed by atoms with Crippen LogP contribution in [-0.2, 0) is 21.4 Å². The molecule has 0 aliphatic carbocycles. The van der Waals surface area contributed by atoms with E-state index in [0.29, 0.717) is 38.0 Å². The van der Waals surface area contributed by atoms with Gasteiger partial charge in [0.15, 0.2) is 0 Å². The van der Waals surface area contributed by atoms with Crippen LogP contribution < -0.4 is 5.32 Å². The molecule has 0 radical (unpaired) electrons. The van der Waals surface area contributed by atoms with Gasteiger partial charge in [0, 0.05) is 25.6 Å². The molecule has 1 aromatic rings. The molecular formula is C15H19N3O3S. The molecule has 7 heteroatoms. The van der Waals surface area contributed by atoms with Crippen LogP contribution in [0.3, 0.4) is 0 Å². The number of nitriles is 1. The number of nitrogens with zero attached hydrogens (tertiary/aromatic N) is 2. The molecule has 0 bridgehead atoms. The minimum atomic E-state index is -3.17. The highest BCUT2D eigenvalue weighted by atomic mass is 32.2. The Morgan fingerprint density at radius 1 is 1.41 bits per heavy atom. The molecule has 1 aliphatic heterocycles. The summed E-state index contributed by atoms with van der Waals surface area (Å²) in [6.45, 7) is 1.16. The summed E-state index contributed by atoms with van der Waals surface area (Å²) in [4.78, 5) is 12.1. The highest BCUT2D eigenvalue weighted by Gasteiger charge is 2.28. The first-order chi connectivity index (χ1) is 10.4. The number of sulfonamides is 1. The third-order valence-corrected chi connectivity index (χ3v) is 5.12. The van der Waals surface area contributed by atoms with Gasteiger partial charge in [0.05, 0.1) is 17.9 Å². The molecule has 0 aromatic heterocycles. The van der Waals surface area contributed by atoms with Crippen LogP contribution in [0.4, 0.5) is 0 Å². The first-order valence-corrected chi connectivity index (χ1v) is 8.97. The van der Waals surface area contributed by atoms with E-state index in [-0.39, 0.29) is 11.8 Å². The smallest absolute Gasteiger partial charge is 0.223 e. The summed E-state index contributed by atoms with van der Waals surface area (Å²) in [5.41, 5.74) is 1.44. The number of hydrogen-bond donors (Lipinski definition) is 1. The molecule has 1 saturated heterocycles. The third-order valence-electron chi connectivity index (χ3n) is 3.82. The summed E-state index contributed by atoms with van der Waals surface area (Å²) in [5.74, 6) is -0.215. The predicted octanol–water partition coefficient (Wildman–Crippen LogP) is 0.846. The van der Waals surface area contributed by atoms with Gasteiger partial charge in [0.25, 0.3) is 0 Å². The van der Waals surface area contributed by atoms with Crippen molar-refractivity contribution in [3.63, 3.8) is 0 Å². The Bertz CT molecular complexity index is 686. The van der Waals surface area contributed by atoms with Crippen molar-refractivity contribution in [2.45, 2.75) is 19.4 Å². The van der Waals surface area contributed by atoms with Crippen LogP contribution in [0.1, 0.15) is 24.0 Å². The first-order valence-electron chi connectivity index (χ1n) is 7.12. The molecule has 118 valence electrons. The van der Waals surface area contributed by atoms with Crippen molar-refractivity contribution in [1.29, 1.82) is 5.26 Å². The number of carbonyl (C=O) groups excluding carboxylic acids is 1. The van der Waals surface area contributed by atoms with Gasteiger partial charge in [-0.1, -0.05) is 12.1 Å². The van der Waals surface area contributed by atoms with Crippen LogP contribution in [0.15, 0.2) is 24.3 Å². The molecule has 1 N–H and O–H groups in total. The number of piperidine rings is 1. The number of benzene rings is 1. The third kappa shape index (κ3) is 4.29. The standard InChI is InChI=1S/C15H19N3O3S/c1-22(20,21)18-7-5-14(6-8-18)15(19)17-11-13-4-2-3-12(9-13)10-16/h2-4,9,14H,5-8,11H2,1H3,(H,17,19). The molecule has 1 heterocycles. The second kappa shape index (κ2) is 6.90. The van der Waals surface area contributed by atoms with E-state index >= 15 is 0 Å². The Morgan fingerprint density at radius 2 is 2.09 bits per heavy atom. The van der Waals surface area contributed by atoms with Crippen molar-refractivity contribution < 1.29 is 13.2 Å². The van der Waals surface area contributed by atoms with E-state index < -0.39 is 10.0 Å². The van der Waals surface area contributed by atoms with E-state index in [1.165, 1.54) is 10.6 Å². The van der Waals surface area contributed by atoms with Crippen LogP contribution in [0.25, 0.3) is 0 Å².